The number of hydrogen-bond acceptors (Lipinski definition) is 6. The second kappa shape index (κ2) is 8.94. The SMILES string of the molecule is CCNC(=O)COc1ccc(C=CC(=O)c2ccc3c(c2)OCO3)cc1OC. The molecule has 0 bridgehead atoms. The predicted octanol–water partition coefficient (Wildman–Crippen LogP) is 2.83. The Balaban J connectivity index is 1.68. The van der Waals surface area contributed by atoms with E-state index in [1.54, 1.807) is 42.5 Å². The Kier molecular flexibility index (Phi) is 6.16. The Morgan fingerprint density at radius 3 is 2.71 bits per heavy atom. The number of ketones is 1. The number of allylic oxidation sites excluding steroid dienone is 1. The molecule has 0 aromatic heterocycles. The molecule has 1 N–H and O–H groups in total. The smallest absolute Gasteiger partial charge is 0.257 e. The van der Waals surface area contributed by atoms with Gasteiger partial charge < -0.3 is 24.3 Å². The summed E-state index contributed by atoms with van der Waals surface area (Å²) in [6, 6.07) is 10.3. The van der Waals surface area contributed by atoms with Gasteiger partial charge in [-0.05, 0) is 48.9 Å². The average Bonchev–Trinajstić information content (AvgIpc) is 3.18. The lowest BCUT2D eigenvalue weighted by Crippen LogP contribution is -2.28. The van der Waals surface area contributed by atoms with Crippen molar-refractivity contribution in [2.24, 2.45) is 0 Å². The lowest BCUT2D eigenvalue weighted by atomic mass is 10.1. The number of methoxy groups -OCH3 is 1. The maximum atomic E-state index is 12.4. The van der Waals surface area contributed by atoms with E-state index in [1.807, 2.05) is 6.92 Å². The van der Waals surface area contributed by atoms with Gasteiger partial charge in [0.1, 0.15) is 0 Å². The maximum absolute atomic E-state index is 12.4. The third-order valence-electron chi connectivity index (χ3n) is 4.00. The molecule has 2 aromatic carbocycles. The summed E-state index contributed by atoms with van der Waals surface area (Å²) in [5.41, 5.74) is 1.27. The van der Waals surface area contributed by atoms with Crippen molar-refractivity contribution in [3.05, 3.63) is 53.6 Å². The van der Waals surface area contributed by atoms with Gasteiger partial charge in [-0.2, -0.15) is 0 Å². The van der Waals surface area contributed by atoms with E-state index in [2.05, 4.69) is 5.32 Å². The lowest BCUT2D eigenvalue weighted by Gasteiger charge is -2.11. The van der Waals surface area contributed by atoms with Crippen LogP contribution < -0.4 is 24.3 Å². The highest BCUT2D eigenvalue weighted by Crippen LogP contribution is 2.33. The molecule has 0 aliphatic carbocycles. The number of fused-ring (bicyclic) bond motifs is 1. The van der Waals surface area contributed by atoms with Crippen molar-refractivity contribution in [2.45, 2.75) is 6.92 Å². The number of likely N-dealkylation sites (N-methyl/N-ethyl adjacent to an activating group) is 1. The van der Waals surface area contributed by atoms with Gasteiger partial charge in [-0.25, -0.2) is 0 Å². The van der Waals surface area contributed by atoms with Crippen molar-refractivity contribution in [1.29, 1.82) is 0 Å². The van der Waals surface area contributed by atoms with Crippen LogP contribution in [-0.2, 0) is 4.79 Å². The van der Waals surface area contributed by atoms with Crippen LogP contribution in [0.2, 0.25) is 0 Å². The van der Waals surface area contributed by atoms with Gasteiger partial charge in [0.15, 0.2) is 35.4 Å². The zero-order chi connectivity index (χ0) is 19.9. The molecule has 0 saturated carbocycles. The molecule has 2 aromatic rings. The van der Waals surface area contributed by atoms with Crippen molar-refractivity contribution in [2.75, 3.05) is 27.1 Å². The molecule has 0 unspecified atom stereocenters. The molecule has 1 amide bonds. The number of rotatable bonds is 8. The number of benzene rings is 2. The van der Waals surface area contributed by atoms with Crippen molar-refractivity contribution < 1.29 is 28.5 Å². The first-order valence-corrected chi connectivity index (χ1v) is 8.80. The minimum Gasteiger partial charge on any atom is -0.493 e. The van der Waals surface area contributed by atoms with Crippen molar-refractivity contribution in [3.63, 3.8) is 0 Å². The molecule has 0 saturated heterocycles. The molecule has 1 aliphatic heterocycles. The summed E-state index contributed by atoms with van der Waals surface area (Å²) in [6.07, 6.45) is 3.16. The Bertz CT molecular complexity index is 906. The molecule has 1 heterocycles. The predicted molar refractivity (Wildman–Crippen MR) is 103 cm³/mol. The topological polar surface area (TPSA) is 83.1 Å². The van der Waals surface area contributed by atoms with Crippen LogP contribution in [0.3, 0.4) is 0 Å². The first-order chi connectivity index (χ1) is 13.6. The highest BCUT2D eigenvalue weighted by molar-refractivity contribution is 6.07. The molecule has 7 heteroatoms. The molecule has 0 radical (unpaired) electrons. The Morgan fingerprint density at radius 1 is 1.11 bits per heavy atom. The van der Waals surface area contributed by atoms with E-state index in [-0.39, 0.29) is 25.1 Å². The average molecular weight is 383 g/mol. The van der Waals surface area contributed by atoms with Crippen LogP contribution in [0.5, 0.6) is 23.0 Å². The highest BCUT2D eigenvalue weighted by atomic mass is 16.7. The second-order valence-corrected chi connectivity index (χ2v) is 5.92. The summed E-state index contributed by atoms with van der Waals surface area (Å²) in [6.45, 7) is 2.45. The van der Waals surface area contributed by atoms with Crippen LogP contribution in [0.15, 0.2) is 42.5 Å². The zero-order valence-electron chi connectivity index (χ0n) is 15.7. The Hall–Kier alpha value is -3.48. The second-order valence-electron chi connectivity index (χ2n) is 5.92. The number of carbonyl (C=O) groups excluding carboxylic acids is 2. The van der Waals surface area contributed by atoms with Crippen LogP contribution in [0.1, 0.15) is 22.8 Å². The number of nitrogens with one attached hydrogen (secondary N) is 1. The van der Waals surface area contributed by atoms with Crippen molar-refractivity contribution in [3.8, 4) is 23.0 Å². The summed E-state index contributed by atoms with van der Waals surface area (Å²) < 4.78 is 21.3. The summed E-state index contributed by atoms with van der Waals surface area (Å²) in [5, 5.41) is 2.66. The fourth-order valence-electron chi connectivity index (χ4n) is 2.62. The molecule has 3 rings (SSSR count). The van der Waals surface area contributed by atoms with E-state index in [4.69, 9.17) is 18.9 Å². The summed E-state index contributed by atoms with van der Waals surface area (Å²) in [5.74, 6) is 1.76. The van der Waals surface area contributed by atoms with Crippen molar-refractivity contribution >= 4 is 17.8 Å². The van der Waals surface area contributed by atoms with Crippen LogP contribution in [-0.4, -0.2) is 38.7 Å². The largest absolute Gasteiger partial charge is 0.493 e. The molecule has 0 atom stereocenters. The first-order valence-electron chi connectivity index (χ1n) is 8.80. The van der Waals surface area contributed by atoms with E-state index in [0.717, 1.165) is 5.56 Å². The fraction of sp³-hybridized carbons (Fsp3) is 0.238. The summed E-state index contributed by atoms with van der Waals surface area (Å²) >= 11 is 0. The van der Waals surface area contributed by atoms with Crippen molar-refractivity contribution in [1.82, 2.24) is 5.32 Å². The summed E-state index contributed by atoms with van der Waals surface area (Å²) in [4.78, 5) is 23.9. The molecule has 0 spiro atoms. The molecular weight excluding hydrogens is 362 g/mol. The van der Waals surface area contributed by atoms with Crippen LogP contribution in [0, 0.1) is 0 Å². The van der Waals surface area contributed by atoms with E-state index in [0.29, 0.717) is 35.1 Å². The van der Waals surface area contributed by atoms with Gasteiger partial charge in [-0.15, -0.1) is 0 Å². The van der Waals surface area contributed by atoms with Gasteiger partial charge in [-0.1, -0.05) is 12.1 Å². The van der Waals surface area contributed by atoms with E-state index < -0.39 is 0 Å². The monoisotopic (exact) mass is 383 g/mol. The van der Waals surface area contributed by atoms with Gasteiger partial charge in [0, 0.05) is 12.1 Å². The third kappa shape index (κ3) is 4.62. The van der Waals surface area contributed by atoms with Gasteiger partial charge in [0.2, 0.25) is 6.79 Å². The molecule has 0 fully saturated rings. The minimum atomic E-state index is -0.206. The summed E-state index contributed by atoms with van der Waals surface area (Å²) in [7, 11) is 1.51. The maximum Gasteiger partial charge on any atom is 0.257 e. The van der Waals surface area contributed by atoms with Crippen LogP contribution >= 0.6 is 0 Å². The number of carbonyl (C=O) groups is 2. The molecule has 146 valence electrons. The van der Waals surface area contributed by atoms with Gasteiger partial charge in [0.05, 0.1) is 7.11 Å². The van der Waals surface area contributed by atoms with E-state index in [9.17, 15) is 9.59 Å². The molecule has 7 nitrogen and oxygen atoms in total. The van der Waals surface area contributed by atoms with Crippen LogP contribution in [0.25, 0.3) is 6.08 Å². The first kappa shape index (κ1) is 19.3. The number of amides is 1. The zero-order valence-corrected chi connectivity index (χ0v) is 15.7. The van der Waals surface area contributed by atoms with Gasteiger partial charge in [0.25, 0.3) is 5.91 Å². The van der Waals surface area contributed by atoms with Gasteiger partial charge >= 0.3 is 0 Å². The molecular formula is C21H21NO6. The quantitative estimate of drug-likeness (QED) is 0.558. The number of ether oxygens (including phenoxy) is 4. The van der Waals surface area contributed by atoms with Crippen LogP contribution in [0.4, 0.5) is 0 Å². The molecule has 28 heavy (non-hydrogen) atoms. The third-order valence-corrected chi connectivity index (χ3v) is 4.00. The Morgan fingerprint density at radius 2 is 1.93 bits per heavy atom. The highest BCUT2D eigenvalue weighted by Gasteiger charge is 2.15. The van der Waals surface area contributed by atoms with E-state index in [1.165, 1.54) is 13.2 Å². The molecule has 1 aliphatic rings. The standard InChI is InChI=1S/C21H21NO6/c1-3-22-21(24)12-26-17-8-5-14(10-19(17)25-2)4-7-16(23)15-6-9-18-20(11-15)28-13-27-18/h4-11H,3,12-13H2,1-2H3,(H,22,24). The Labute approximate surface area is 162 Å². The fourth-order valence-corrected chi connectivity index (χ4v) is 2.62. The normalized spacial score (nSPS) is 12.1. The van der Waals surface area contributed by atoms with Gasteiger partial charge in [-0.3, -0.25) is 9.59 Å². The van der Waals surface area contributed by atoms with E-state index >= 15 is 0 Å². The minimum absolute atomic E-state index is 0.0953. The number of hydrogen-bond donors (Lipinski definition) is 1. The lowest BCUT2D eigenvalue weighted by molar-refractivity contribution is -0.123.